The number of rotatable bonds is 9. The summed E-state index contributed by atoms with van der Waals surface area (Å²) in [4.78, 5) is 4.62. The standard InChI is InChI=1S/C19H31N3O3/c1-4-20-19(22-15(2)13-24-18-10-11-23-14-18)21-12-16(3)25-17-8-6-5-7-9-17/h5-9,15-16,18H,4,10-14H2,1-3H3,(H2,20,21,22). The highest BCUT2D eigenvalue weighted by atomic mass is 16.5. The molecule has 0 aliphatic carbocycles. The Hall–Kier alpha value is -1.79. The molecule has 1 saturated heterocycles. The van der Waals surface area contributed by atoms with Crippen LogP contribution in [0.5, 0.6) is 5.75 Å². The van der Waals surface area contributed by atoms with Gasteiger partial charge in [-0.15, -0.1) is 0 Å². The van der Waals surface area contributed by atoms with Gasteiger partial charge >= 0.3 is 0 Å². The van der Waals surface area contributed by atoms with Crippen LogP contribution in [-0.4, -0.2) is 57.1 Å². The summed E-state index contributed by atoms with van der Waals surface area (Å²) in [6.07, 6.45) is 1.21. The van der Waals surface area contributed by atoms with Crippen molar-refractivity contribution in [3.63, 3.8) is 0 Å². The molecule has 0 aromatic heterocycles. The van der Waals surface area contributed by atoms with Crippen molar-refractivity contribution >= 4 is 5.96 Å². The smallest absolute Gasteiger partial charge is 0.191 e. The first-order valence-electron chi connectivity index (χ1n) is 9.13. The van der Waals surface area contributed by atoms with E-state index < -0.39 is 0 Å². The number of ether oxygens (including phenoxy) is 3. The lowest BCUT2D eigenvalue weighted by Crippen LogP contribution is -2.45. The first-order valence-corrected chi connectivity index (χ1v) is 9.13. The Morgan fingerprint density at radius 1 is 1.32 bits per heavy atom. The largest absolute Gasteiger partial charge is 0.489 e. The van der Waals surface area contributed by atoms with E-state index in [1.54, 1.807) is 0 Å². The first-order chi connectivity index (χ1) is 12.2. The van der Waals surface area contributed by atoms with Gasteiger partial charge in [-0.2, -0.15) is 0 Å². The minimum absolute atomic E-state index is 0.0000461. The highest BCUT2D eigenvalue weighted by molar-refractivity contribution is 5.80. The summed E-state index contributed by atoms with van der Waals surface area (Å²) in [6.45, 7) is 9.69. The van der Waals surface area contributed by atoms with Gasteiger partial charge in [-0.1, -0.05) is 18.2 Å². The molecular formula is C19H31N3O3. The summed E-state index contributed by atoms with van der Waals surface area (Å²) in [5.41, 5.74) is 0. The van der Waals surface area contributed by atoms with E-state index in [-0.39, 0.29) is 18.2 Å². The minimum atomic E-state index is 0.0000461. The molecule has 3 unspecified atom stereocenters. The lowest BCUT2D eigenvalue weighted by molar-refractivity contribution is 0.0347. The molecule has 2 N–H and O–H groups in total. The fourth-order valence-corrected chi connectivity index (χ4v) is 2.51. The van der Waals surface area contributed by atoms with Gasteiger partial charge in [-0.05, 0) is 39.3 Å². The molecule has 1 aromatic rings. The topological polar surface area (TPSA) is 64.1 Å². The van der Waals surface area contributed by atoms with Gasteiger partial charge in [0.2, 0.25) is 0 Å². The number of guanidine groups is 1. The quantitative estimate of drug-likeness (QED) is 0.529. The molecule has 1 aromatic carbocycles. The highest BCUT2D eigenvalue weighted by Gasteiger charge is 2.17. The number of nitrogens with one attached hydrogen (secondary N) is 2. The predicted molar refractivity (Wildman–Crippen MR) is 100 cm³/mol. The highest BCUT2D eigenvalue weighted by Crippen LogP contribution is 2.11. The van der Waals surface area contributed by atoms with Gasteiger partial charge in [0.25, 0.3) is 0 Å². The number of nitrogens with zero attached hydrogens (tertiary/aromatic N) is 1. The maximum absolute atomic E-state index is 5.86. The normalized spacial score (nSPS) is 20.1. The molecule has 25 heavy (non-hydrogen) atoms. The van der Waals surface area contributed by atoms with Gasteiger partial charge in [0.05, 0.1) is 25.9 Å². The molecule has 1 heterocycles. The molecule has 140 valence electrons. The van der Waals surface area contributed by atoms with Crippen LogP contribution in [0.1, 0.15) is 27.2 Å². The van der Waals surface area contributed by atoms with Crippen LogP contribution in [0.2, 0.25) is 0 Å². The van der Waals surface area contributed by atoms with Crippen LogP contribution in [0.25, 0.3) is 0 Å². The van der Waals surface area contributed by atoms with E-state index in [4.69, 9.17) is 14.2 Å². The minimum Gasteiger partial charge on any atom is -0.489 e. The van der Waals surface area contributed by atoms with Crippen molar-refractivity contribution in [2.45, 2.75) is 45.4 Å². The molecule has 1 fully saturated rings. The second-order valence-corrected chi connectivity index (χ2v) is 6.33. The Balaban J connectivity index is 1.76. The van der Waals surface area contributed by atoms with E-state index in [0.29, 0.717) is 19.8 Å². The molecule has 0 bridgehead atoms. The SMILES string of the molecule is CCNC(=NCC(C)Oc1ccccc1)NC(C)COC1CCOC1. The molecule has 1 aliphatic rings. The van der Waals surface area contributed by atoms with Crippen LogP contribution in [-0.2, 0) is 9.47 Å². The lowest BCUT2D eigenvalue weighted by atomic mass is 10.3. The van der Waals surface area contributed by atoms with E-state index in [2.05, 4.69) is 29.5 Å². The molecule has 1 aliphatic heterocycles. The van der Waals surface area contributed by atoms with Crippen molar-refractivity contribution in [1.82, 2.24) is 10.6 Å². The van der Waals surface area contributed by atoms with Crippen LogP contribution < -0.4 is 15.4 Å². The lowest BCUT2D eigenvalue weighted by Gasteiger charge is -2.20. The first kappa shape index (κ1) is 19.5. The summed E-state index contributed by atoms with van der Waals surface area (Å²) in [6, 6.07) is 9.99. The molecule has 6 nitrogen and oxygen atoms in total. The third-order valence-corrected chi connectivity index (χ3v) is 3.78. The molecule has 2 rings (SSSR count). The van der Waals surface area contributed by atoms with Crippen LogP contribution >= 0.6 is 0 Å². The Morgan fingerprint density at radius 2 is 2.12 bits per heavy atom. The molecule has 0 amide bonds. The number of hydrogen-bond acceptors (Lipinski definition) is 4. The van der Waals surface area contributed by atoms with Crippen molar-refractivity contribution < 1.29 is 14.2 Å². The molecule has 3 atom stereocenters. The Labute approximate surface area is 151 Å². The fourth-order valence-electron chi connectivity index (χ4n) is 2.51. The van der Waals surface area contributed by atoms with Gasteiger partial charge in [0.15, 0.2) is 5.96 Å². The number of para-hydroxylation sites is 1. The summed E-state index contributed by atoms with van der Waals surface area (Å²) in [5.74, 6) is 1.65. The summed E-state index contributed by atoms with van der Waals surface area (Å²) >= 11 is 0. The van der Waals surface area contributed by atoms with E-state index >= 15 is 0 Å². The molecule has 6 heteroatoms. The number of hydrogen-bond donors (Lipinski definition) is 2. The van der Waals surface area contributed by atoms with Crippen LogP contribution in [0.3, 0.4) is 0 Å². The second-order valence-electron chi connectivity index (χ2n) is 6.33. The van der Waals surface area contributed by atoms with Crippen molar-refractivity contribution in [3.8, 4) is 5.75 Å². The van der Waals surface area contributed by atoms with Gasteiger partial charge in [0.1, 0.15) is 11.9 Å². The zero-order valence-electron chi connectivity index (χ0n) is 15.5. The fraction of sp³-hybridized carbons (Fsp3) is 0.632. The summed E-state index contributed by atoms with van der Waals surface area (Å²) in [5, 5.41) is 6.64. The summed E-state index contributed by atoms with van der Waals surface area (Å²) in [7, 11) is 0. The third kappa shape index (κ3) is 7.75. The van der Waals surface area contributed by atoms with E-state index in [1.165, 1.54) is 0 Å². The van der Waals surface area contributed by atoms with Gasteiger partial charge < -0.3 is 24.8 Å². The molecule has 0 radical (unpaired) electrons. The maximum Gasteiger partial charge on any atom is 0.191 e. The van der Waals surface area contributed by atoms with Crippen molar-refractivity contribution in [1.29, 1.82) is 0 Å². The van der Waals surface area contributed by atoms with Crippen LogP contribution in [0.4, 0.5) is 0 Å². The van der Waals surface area contributed by atoms with Gasteiger partial charge in [-0.25, -0.2) is 4.99 Å². The molecule has 0 spiro atoms. The maximum atomic E-state index is 5.86. The zero-order chi connectivity index (χ0) is 17.9. The van der Waals surface area contributed by atoms with Crippen molar-refractivity contribution in [2.75, 3.05) is 32.9 Å². The molecular weight excluding hydrogens is 318 g/mol. The van der Waals surface area contributed by atoms with Crippen LogP contribution in [0.15, 0.2) is 35.3 Å². The van der Waals surface area contributed by atoms with Crippen molar-refractivity contribution in [3.05, 3.63) is 30.3 Å². The third-order valence-electron chi connectivity index (χ3n) is 3.78. The van der Waals surface area contributed by atoms with E-state index in [9.17, 15) is 0 Å². The van der Waals surface area contributed by atoms with E-state index in [0.717, 1.165) is 31.3 Å². The number of benzene rings is 1. The Kier molecular flexibility index (Phi) is 8.55. The Morgan fingerprint density at radius 3 is 2.80 bits per heavy atom. The average molecular weight is 349 g/mol. The zero-order valence-corrected chi connectivity index (χ0v) is 15.5. The Bertz CT molecular complexity index is 504. The van der Waals surface area contributed by atoms with Gasteiger partial charge in [-0.3, -0.25) is 0 Å². The van der Waals surface area contributed by atoms with Crippen LogP contribution in [0, 0.1) is 0 Å². The average Bonchev–Trinajstić information content (AvgIpc) is 3.12. The monoisotopic (exact) mass is 349 g/mol. The summed E-state index contributed by atoms with van der Waals surface area (Å²) < 4.78 is 17.0. The number of aliphatic imine (C=N–C) groups is 1. The predicted octanol–water partition coefficient (Wildman–Crippen LogP) is 2.20. The second kappa shape index (κ2) is 10.9. The van der Waals surface area contributed by atoms with E-state index in [1.807, 2.05) is 37.3 Å². The molecule has 0 saturated carbocycles. The van der Waals surface area contributed by atoms with Gasteiger partial charge in [0, 0.05) is 19.2 Å². The van der Waals surface area contributed by atoms with Crippen molar-refractivity contribution in [2.24, 2.45) is 4.99 Å².